The Morgan fingerprint density at radius 1 is 1.32 bits per heavy atom. The first-order valence-electron chi connectivity index (χ1n) is 5.57. The molecule has 0 radical (unpaired) electrons. The summed E-state index contributed by atoms with van der Waals surface area (Å²) in [5.74, 6) is 0.313. The molecule has 2 rings (SSSR count). The van der Waals surface area contributed by atoms with Crippen LogP contribution in [0.25, 0.3) is 0 Å². The van der Waals surface area contributed by atoms with Gasteiger partial charge in [0, 0.05) is 12.1 Å². The van der Waals surface area contributed by atoms with Crippen molar-refractivity contribution in [3.05, 3.63) is 45.3 Å². The molecule has 0 aliphatic carbocycles. The molecule has 0 spiro atoms. The molecule has 2 aromatic rings. The number of anilines is 1. The second kappa shape index (κ2) is 5.23. The normalized spacial score (nSPS) is 10.6. The number of halogens is 2. The minimum absolute atomic E-state index is 0.262. The zero-order chi connectivity index (χ0) is 14.2. The molecule has 0 atom stereocenters. The minimum Gasteiger partial charge on any atom is -0.359 e. The Kier molecular flexibility index (Phi) is 3.83. The van der Waals surface area contributed by atoms with Crippen molar-refractivity contribution in [2.45, 2.75) is 13.8 Å². The van der Waals surface area contributed by atoms with Gasteiger partial charge in [-0.05, 0) is 32.0 Å². The Balaban J connectivity index is 2.42. The average Bonchev–Trinajstić information content (AvgIpc) is 2.70. The Morgan fingerprint density at radius 3 is 2.58 bits per heavy atom. The van der Waals surface area contributed by atoms with Gasteiger partial charge in [0.2, 0.25) is 0 Å². The first kappa shape index (κ1) is 13.9. The third kappa shape index (κ3) is 2.60. The highest BCUT2D eigenvalue weighted by molar-refractivity contribution is 6.36. The molecule has 0 saturated heterocycles. The number of benzene rings is 1. The van der Waals surface area contributed by atoms with Crippen LogP contribution in [-0.4, -0.2) is 18.1 Å². The fraction of sp³-hybridized carbons (Fsp3) is 0.231. The van der Waals surface area contributed by atoms with Gasteiger partial charge in [0.1, 0.15) is 11.4 Å². The standard InChI is InChI=1S/C13H12Cl2N2O2/c1-7-12(8(2)19-16-7)17(3)13(18)10-6-9(14)4-5-11(10)15/h4-6H,1-3H3. The lowest BCUT2D eigenvalue weighted by molar-refractivity contribution is 0.0992. The summed E-state index contributed by atoms with van der Waals surface area (Å²) in [5, 5.41) is 4.64. The number of hydrogen-bond acceptors (Lipinski definition) is 3. The molecule has 0 unspecified atom stereocenters. The van der Waals surface area contributed by atoms with Crippen LogP contribution in [0.15, 0.2) is 22.7 Å². The van der Waals surface area contributed by atoms with Crippen molar-refractivity contribution in [1.82, 2.24) is 5.16 Å². The van der Waals surface area contributed by atoms with E-state index in [9.17, 15) is 4.79 Å². The van der Waals surface area contributed by atoms with Gasteiger partial charge < -0.3 is 9.42 Å². The summed E-state index contributed by atoms with van der Waals surface area (Å²) >= 11 is 11.9. The summed E-state index contributed by atoms with van der Waals surface area (Å²) in [4.78, 5) is 13.9. The molecule has 1 heterocycles. The molecule has 100 valence electrons. The summed E-state index contributed by atoms with van der Waals surface area (Å²) in [6.45, 7) is 3.52. The Labute approximate surface area is 120 Å². The van der Waals surface area contributed by atoms with E-state index >= 15 is 0 Å². The molecule has 0 saturated carbocycles. The van der Waals surface area contributed by atoms with E-state index in [0.717, 1.165) is 0 Å². The third-order valence-corrected chi connectivity index (χ3v) is 3.36. The lowest BCUT2D eigenvalue weighted by atomic mass is 10.2. The van der Waals surface area contributed by atoms with Gasteiger partial charge in [0.25, 0.3) is 5.91 Å². The Bertz CT molecular complexity index is 618. The van der Waals surface area contributed by atoms with Crippen LogP contribution in [0.4, 0.5) is 5.69 Å². The predicted octanol–water partition coefficient (Wildman–Crippen LogP) is 3.87. The molecule has 0 aliphatic rings. The quantitative estimate of drug-likeness (QED) is 0.845. The van der Waals surface area contributed by atoms with Crippen LogP contribution in [0.3, 0.4) is 0 Å². The van der Waals surface area contributed by atoms with Crippen molar-refractivity contribution in [3.8, 4) is 0 Å². The van der Waals surface area contributed by atoms with E-state index in [0.29, 0.717) is 32.8 Å². The number of aryl methyl sites for hydroxylation is 2. The maximum Gasteiger partial charge on any atom is 0.259 e. The van der Waals surface area contributed by atoms with E-state index < -0.39 is 0 Å². The highest BCUT2D eigenvalue weighted by atomic mass is 35.5. The van der Waals surface area contributed by atoms with E-state index in [1.807, 2.05) is 0 Å². The number of aromatic nitrogens is 1. The highest BCUT2D eigenvalue weighted by Crippen LogP contribution is 2.27. The average molecular weight is 299 g/mol. The fourth-order valence-corrected chi connectivity index (χ4v) is 2.27. The van der Waals surface area contributed by atoms with E-state index in [1.54, 1.807) is 39.1 Å². The SMILES string of the molecule is Cc1noc(C)c1N(C)C(=O)c1cc(Cl)ccc1Cl. The summed E-state index contributed by atoms with van der Waals surface area (Å²) in [7, 11) is 1.64. The Morgan fingerprint density at radius 2 is 2.00 bits per heavy atom. The van der Waals surface area contributed by atoms with Crippen LogP contribution in [0.2, 0.25) is 10.0 Å². The van der Waals surface area contributed by atoms with Gasteiger partial charge in [-0.3, -0.25) is 4.79 Å². The van der Waals surface area contributed by atoms with Crippen LogP contribution in [0.1, 0.15) is 21.8 Å². The lowest BCUT2D eigenvalue weighted by Crippen LogP contribution is -2.27. The van der Waals surface area contributed by atoms with E-state index in [1.165, 1.54) is 4.90 Å². The molecule has 0 bridgehead atoms. The van der Waals surface area contributed by atoms with Gasteiger partial charge >= 0.3 is 0 Å². The largest absolute Gasteiger partial charge is 0.359 e. The summed E-state index contributed by atoms with van der Waals surface area (Å²) in [6.07, 6.45) is 0. The smallest absolute Gasteiger partial charge is 0.259 e. The number of nitrogens with zero attached hydrogens (tertiary/aromatic N) is 2. The van der Waals surface area contributed by atoms with Gasteiger partial charge in [-0.25, -0.2) is 0 Å². The van der Waals surface area contributed by atoms with Crippen molar-refractivity contribution in [1.29, 1.82) is 0 Å². The van der Waals surface area contributed by atoms with Crippen LogP contribution in [0.5, 0.6) is 0 Å². The molecule has 0 aliphatic heterocycles. The molecule has 1 aromatic carbocycles. The lowest BCUT2D eigenvalue weighted by Gasteiger charge is -2.17. The first-order valence-corrected chi connectivity index (χ1v) is 6.33. The molecule has 0 N–H and O–H groups in total. The van der Waals surface area contributed by atoms with Crippen molar-refractivity contribution in [2.24, 2.45) is 0 Å². The van der Waals surface area contributed by atoms with Crippen molar-refractivity contribution in [2.75, 3.05) is 11.9 Å². The zero-order valence-corrected chi connectivity index (χ0v) is 12.2. The zero-order valence-electron chi connectivity index (χ0n) is 10.7. The molecule has 19 heavy (non-hydrogen) atoms. The maximum atomic E-state index is 12.4. The van der Waals surface area contributed by atoms with Crippen molar-refractivity contribution >= 4 is 34.8 Å². The predicted molar refractivity (Wildman–Crippen MR) is 75.2 cm³/mol. The van der Waals surface area contributed by atoms with Crippen molar-refractivity contribution in [3.63, 3.8) is 0 Å². The van der Waals surface area contributed by atoms with Crippen molar-refractivity contribution < 1.29 is 9.32 Å². The maximum absolute atomic E-state index is 12.4. The van der Waals surface area contributed by atoms with Crippen LogP contribution < -0.4 is 4.90 Å². The van der Waals surface area contributed by atoms with Gasteiger partial charge in [-0.2, -0.15) is 0 Å². The summed E-state index contributed by atoms with van der Waals surface area (Å²) in [6, 6.07) is 4.77. The van der Waals surface area contributed by atoms with Crippen LogP contribution in [-0.2, 0) is 0 Å². The Hall–Kier alpha value is -1.52. The molecule has 1 amide bonds. The number of rotatable bonds is 2. The van der Waals surface area contributed by atoms with Gasteiger partial charge in [-0.15, -0.1) is 0 Å². The number of amides is 1. The molecular formula is C13H12Cl2N2O2. The fourth-order valence-electron chi connectivity index (χ4n) is 1.90. The first-order chi connectivity index (χ1) is 8.91. The monoisotopic (exact) mass is 298 g/mol. The second-order valence-electron chi connectivity index (χ2n) is 4.16. The molecule has 0 fully saturated rings. The van der Waals surface area contributed by atoms with Crippen LogP contribution >= 0.6 is 23.2 Å². The minimum atomic E-state index is -0.262. The number of hydrogen-bond donors (Lipinski definition) is 0. The second-order valence-corrected chi connectivity index (χ2v) is 5.00. The van der Waals surface area contributed by atoms with E-state index in [4.69, 9.17) is 27.7 Å². The van der Waals surface area contributed by atoms with E-state index in [-0.39, 0.29) is 5.91 Å². The van der Waals surface area contributed by atoms with Gasteiger partial charge in [-0.1, -0.05) is 28.4 Å². The van der Waals surface area contributed by atoms with Gasteiger partial charge in [0.15, 0.2) is 5.76 Å². The molecule has 6 heteroatoms. The number of carbonyl (C=O) groups is 1. The molecule has 1 aromatic heterocycles. The highest BCUT2D eigenvalue weighted by Gasteiger charge is 2.22. The van der Waals surface area contributed by atoms with E-state index in [2.05, 4.69) is 5.16 Å². The molecular weight excluding hydrogens is 287 g/mol. The van der Waals surface area contributed by atoms with Crippen LogP contribution in [0, 0.1) is 13.8 Å². The summed E-state index contributed by atoms with van der Waals surface area (Å²) in [5.41, 5.74) is 1.63. The molecule has 4 nitrogen and oxygen atoms in total. The summed E-state index contributed by atoms with van der Waals surface area (Å²) < 4.78 is 5.05. The number of carbonyl (C=O) groups excluding carboxylic acids is 1. The van der Waals surface area contributed by atoms with Gasteiger partial charge in [0.05, 0.1) is 10.6 Å². The third-order valence-electron chi connectivity index (χ3n) is 2.79. The topological polar surface area (TPSA) is 46.3 Å².